The van der Waals surface area contributed by atoms with Gasteiger partial charge in [-0.1, -0.05) is 60.7 Å². The van der Waals surface area contributed by atoms with Crippen LogP contribution in [0.2, 0.25) is 0 Å². The molecule has 0 saturated carbocycles. The number of anilines is 1. The maximum Gasteiger partial charge on any atom is 0.411 e. The number of benzene rings is 3. The average molecular weight is 620 g/mol. The number of halogens is 3. The number of carbonyl (C=O) groups is 1. The predicted octanol–water partition coefficient (Wildman–Crippen LogP) is 6.37. The second kappa shape index (κ2) is 13.6. The maximum atomic E-state index is 13.3. The first-order valence-corrected chi connectivity index (χ1v) is 15.8. The fourth-order valence-electron chi connectivity index (χ4n) is 6.80. The third-order valence-electron chi connectivity index (χ3n) is 9.25. The largest absolute Gasteiger partial charge is 0.411 e. The Labute approximate surface area is 262 Å². The fraction of sp³-hybridized carbons (Fsp3) is 0.429. The van der Waals surface area contributed by atoms with E-state index in [2.05, 4.69) is 34.5 Å². The highest BCUT2D eigenvalue weighted by molar-refractivity contribution is 5.94. The van der Waals surface area contributed by atoms with Crippen LogP contribution in [0, 0.1) is 0 Å². The molecule has 6 rings (SSSR count). The Bertz CT molecular complexity index is 1550. The summed E-state index contributed by atoms with van der Waals surface area (Å²) in [6.45, 7) is 3.25. The number of hydrogen-bond donors (Lipinski definition) is 1. The zero-order valence-corrected chi connectivity index (χ0v) is 25.4. The van der Waals surface area contributed by atoms with E-state index in [9.17, 15) is 18.0 Å². The zero-order valence-electron chi connectivity index (χ0n) is 25.4. The first kappa shape index (κ1) is 31.1. The molecule has 2 aliphatic heterocycles. The van der Waals surface area contributed by atoms with Crippen LogP contribution in [0.25, 0.3) is 11.0 Å². The van der Waals surface area contributed by atoms with Crippen molar-refractivity contribution in [2.24, 2.45) is 0 Å². The van der Waals surface area contributed by atoms with Gasteiger partial charge in [0.15, 0.2) is 0 Å². The molecule has 10 heteroatoms. The van der Waals surface area contributed by atoms with E-state index in [1.165, 1.54) is 5.56 Å². The predicted molar refractivity (Wildman–Crippen MR) is 169 cm³/mol. The minimum atomic E-state index is -4.34. The number of alkyl halides is 3. The van der Waals surface area contributed by atoms with Crippen molar-refractivity contribution in [3.05, 3.63) is 96.1 Å². The lowest BCUT2D eigenvalue weighted by atomic mass is 9.76. The van der Waals surface area contributed by atoms with Gasteiger partial charge in [0.05, 0.1) is 17.6 Å². The van der Waals surface area contributed by atoms with E-state index >= 15 is 0 Å². The molecule has 0 spiro atoms. The van der Waals surface area contributed by atoms with Crippen LogP contribution in [0.15, 0.2) is 84.9 Å². The summed E-state index contributed by atoms with van der Waals surface area (Å²) in [6.07, 6.45) is -0.559. The van der Waals surface area contributed by atoms with Crippen molar-refractivity contribution < 1.29 is 22.7 Å². The van der Waals surface area contributed by atoms with Crippen molar-refractivity contribution in [3.63, 3.8) is 0 Å². The van der Waals surface area contributed by atoms with E-state index in [1.807, 2.05) is 70.1 Å². The molecule has 0 aliphatic carbocycles. The average Bonchev–Trinajstić information content (AvgIpc) is 3.65. The molecule has 0 bridgehead atoms. The molecule has 3 aromatic carbocycles. The lowest BCUT2D eigenvalue weighted by Gasteiger charge is -2.36. The summed E-state index contributed by atoms with van der Waals surface area (Å²) in [7, 11) is 0. The van der Waals surface area contributed by atoms with Crippen LogP contribution < -0.4 is 5.32 Å². The smallest absolute Gasteiger partial charge is 0.370 e. The maximum absolute atomic E-state index is 13.3. The van der Waals surface area contributed by atoms with Crippen LogP contribution >= 0.6 is 0 Å². The number of fused-ring (bicyclic) bond motifs is 1. The molecule has 238 valence electrons. The molecule has 4 aromatic rings. The number of aromatic nitrogens is 2. The van der Waals surface area contributed by atoms with Gasteiger partial charge < -0.3 is 24.4 Å². The summed E-state index contributed by atoms with van der Waals surface area (Å²) >= 11 is 0. The number of hydrogen-bond acceptors (Lipinski definition) is 5. The molecular weight excluding hydrogens is 579 g/mol. The van der Waals surface area contributed by atoms with Crippen LogP contribution in [0.4, 0.5) is 19.1 Å². The van der Waals surface area contributed by atoms with E-state index in [4.69, 9.17) is 9.72 Å². The van der Waals surface area contributed by atoms with Crippen molar-refractivity contribution in [1.29, 1.82) is 0 Å². The molecule has 45 heavy (non-hydrogen) atoms. The van der Waals surface area contributed by atoms with E-state index in [0.29, 0.717) is 12.5 Å². The second-order valence-electron chi connectivity index (χ2n) is 12.2. The number of amides is 1. The molecule has 2 aliphatic rings. The van der Waals surface area contributed by atoms with Gasteiger partial charge in [0.25, 0.3) is 5.91 Å². The molecule has 1 N–H and O–H groups in total. The zero-order chi connectivity index (χ0) is 31.3. The lowest BCUT2D eigenvalue weighted by Crippen LogP contribution is -2.42. The van der Waals surface area contributed by atoms with Crippen LogP contribution in [-0.4, -0.2) is 83.4 Å². The Morgan fingerprint density at radius 1 is 0.911 bits per heavy atom. The monoisotopic (exact) mass is 619 g/mol. The van der Waals surface area contributed by atoms with E-state index in [0.717, 1.165) is 68.5 Å². The van der Waals surface area contributed by atoms with Crippen molar-refractivity contribution in [2.75, 3.05) is 51.3 Å². The summed E-state index contributed by atoms with van der Waals surface area (Å²) in [5.74, 6) is 0.764. The number of piperidine rings is 1. The number of ether oxygens (including phenoxy) is 1. The van der Waals surface area contributed by atoms with Crippen LogP contribution in [0.1, 0.15) is 41.6 Å². The second-order valence-corrected chi connectivity index (χ2v) is 12.2. The Morgan fingerprint density at radius 3 is 2.33 bits per heavy atom. The highest BCUT2D eigenvalue weighted by Gasteiger charge is 2.41. The van der Waals surface area contributed by atoms with Crippen LogP contribution in [-0.2, 0) is 16.7 Å². The summed E-state index contributed by atoms with van der Waals surface area (Å²) in [6, 6.07) is 28.0. The lowest BCUT2D eigenvalue weighted by molar-refractivity contribution is -0.174. The molecule has 2 saturated heterocycles. The topological polar surface area (TPSA) is 62.6 Å². The number of para-hydroxylation sites is 2. The van der Waals surface area contributed by atoms with Gasteiger partial charge in [-0.15, -0.1) is 0 Å². The van der Waals surface area contributed by atoms with E-state index in [1.54, 1.807) is 0 Å². The Balaban J connectivity index is 1.06. The molecule has 1 atom stereocenters. The van der Waals surface area contributed by atoms with Gasteiger partial charge >= 0.3 is 6.18 Å². The van der Waals surface area contributed by atoms with Gasteiger partial charge in [-0.05, 0) is 62.1 Å². The SMILES string of the molecule is O=C(c1ccccc1)N1CCC(CCN2CCC(Nc3nc4ccccc4n3CCOCC(F)(F)F)CC2)(c2ccccc2)C1. The summed E-state index contributed by atoms with van der Waals surface area (Å²) in [5.41, 5.74) is 3.62. The van der Waals surface area contributed by atoms with Gasteiger partial charge in [0, 0.05) is 49.7 Å². The number of likely N-dealkylation sites (tertiary alicyclic amines) is 2. The van der Waals surface area contributed by atoms with Crippen molar-refractivity contribution >= 4 is 22.9 Å². The van der Waals surface area contributed by atoms with Gasteiger partial charge in [-0.2, -0.15) is 13.2 Å². The van der Waals surface area contributed by atoms with E-state index in [-0.39, 0.29) is 30.5 Å². The minimum Gasteiger partial charge on any atom is -0.370 e. The first-order chi connectivity index (χ1) is 21.8. The molecule has 3 heterocycles. The quantitative estimate of drug-likeness (QED) is 0.198. The highest BCUT2D eigenvalue weighted by atomic mass is 19.4. The number of rotatable bonds is 11. The van der Waals surface area contributed by atoms with E-state index < -0.39 is 12.8 Å². The summed E-state index contributed by atoms with van der Waals surface area (Å²) in [5, 5.41) is 3.58. The first-order valence-electron chi connectivity index (χ1n) is 15.8. The van der Waals surface area contributed by atoms with Crippen LogP contribution in [0.5, 0.6) is 0 Å². The standard InChI is InChI=1S/C35H40F3N5O2/c36-35(37,38)26-45-24-23-43-31-14-8-7-13-30(31)40-33(43)39-29-15-19-41(20-16-29)21-17-34(28-11-5-2-6-12-28)18-22-42(25-34)32(44)27-9-3-1-4-10-27/h1-14,29H,15-26H2,(H,39,40). The number of nitrogens with zero attached hydrogens (tertiary/aromatic N) is 4. The molecule has 1 aromatic heterocycles. The third-order valence-corrected chi connectivity index (χ3v) is 9.25. The van der Waals surface area contributed by atoms with Gasteiger partial charge in [0.2, 0.25) is 5.95 Å². The van der Waals surface area contributed by atoms with Gasteiger partial charge in [-0.3, -0.25) is 4.79 Å². The van der Waals surface area contributed by atoms with Gasteiger partial charge in [-0.25, -0.2) is 4.98 Å². The number of carbonyl (C=O) groups excluding carboxylic acids is 1. The van der Waals surface area contributed by atoms with Crippen molar-refractivity contribution in [1.82, 2.24) is 19.4 Å². The van der Waals surface area contributed by atoms with Crippen molar-refractivity contribution in [3.8, 4) is 0 Å². The summed E-state index contributed by atoms with van der Waals surface area (Å²) < 4.78 is 44.6. The highest BCUT2D eigenvalue weighted by Crippen LogP contribution is 2.39. The fourth-order valence-corrected chi connectivity index (χ4v) is 6.80. The van der Waals surface area contributed by atoms with Crippen molar-refractivity contribution in [2.45, 2.75) is 49.9 Å². The Morgan fingerprint density at radius 2 is 1.60 bits per heavy atom. The van der Waals surface area contributed by atoms with Gasteiger partial charge in [0.1, 0.15) is 6.61 Å². The molecule has 7 nitrogen and oxygen atoms in total. The molecule has 2 fully saturated rings. The summed E-state index contributed by atoms with van der Waals surface area (Å²) in [4.78, 5) is 22.6. The molecule has 0 radical (unpaired) electrons. The molecule has 1 unspecified atom stereocenters. The normalized spacial score (nSPS) is 19.8. The Kier molecular flexibility index (Phi) is 9.42. The molecular formula is C35H40F3N5O2. The third kappa shape index (κ3) is 7.50. The minimum absolute atomic E-state index is 0.0511. The Hall–Kier alpha value is -3.89. The molecule has 1 amide bonds. The number of imidazole rings is 1. The van der Waals surface area contributed by atoms with Crippen LogP contribution in [0.3, 0.4) is 0 Å². The number of nitrogens with one attached hydrogen (secondary N) is 1.